The van der Waals surface area contributed by atoms with E-state index in [-0.39, 0.29) is 43.9 Å². The zero-order chi connectivity index (χ0) is 30.0. The Morgan fingerprint density at radius 3 is 2.62 bits per heavy atom. The molecule has 0 saturated carbocycles. The van der Waals surface area contributed by atoms with Crippen LogP contribution in [0.15, 0.2) is 71.1 Å². The summed E-state index contributed by atoms with van der Waals surface area (Å²) in [6.45, 7) is 4.25. The van der Waals surface area contributed by atoms with E-state index in [2.05, 4.69) is 26.2 Å². The van der Waals surface area contributed by atoms with Crippen LogP contribution < -0.4 is 0 Å². The first-order chi connectivity index (χ1) is 20.1. The number of halogens is 1. The molecule has 0 amide bonds. The van der Waals surface area contributed by atoms with Crippen LogP contribution in [0.1, 0.15) is 45.7 Å². The van der Waals surface area contributed by atoms with E-state index in [1.54, 1.807) is 10.8 Å². The first-order valence-electron chi connectivity index (χ1n) is 13.3. The molecule has 12 heteroatoms. The van der Waals surface area contributed by atoms with Gasteiger partial charge in [0.2, 0.25) is 0 Å². The van der Waals surface area contributed by atoms with Crippen molar-refractivity contribution in [3.63, 3.8) is 0 Å². The second kappa shape index (κ2) is 12.2. The fourth-order valence-corrected chi connectivity index (χ4v) is 6.70. The number of aryl methyl sites for hydroxylation is 3. The lowest BCUT2D eigenvalue weighted by atomic mass is 9.84. The van der Waals surface area contributed by atoms with Gasteiger partial charge in [-0.1, -0.05) is 53.7 Å². The first-order valence-corrected chi connectivity index (χ1v) is 15.4. The van der Waals surface area contributed by atoms with Gasteiger partial charge in [0, 0.05) is 36.6 Å². The monoisotopic (exact) mass is 654 g/mol. The number of ether oxygens (including phenoxy) is 2. The molecular formula is C30H31BrN4O6S. The van der Waals surface area contributed by atoms with Crippen LogP contribution in [-0.4, -0.2) is 47.3 Å². The summed E-state index contributed by atoms with van der Waals surface area (Å²) >= 11 is 3.65. The van der Waals surface area contributed by atoms with Gasteiger partial charge in [-0.15, -0.1) is 5.10 Å². The number of aromatic nitrogens is 3. The van der Waals surface area contributed by atoms with Gasteiger partial charge in [-0.05, 0) is 69.2 Å². The van der Waals surface area contributed by atoms with Crippen LogP contribution in [0.25, 0.3) is 11.0 Å². The Bertz CT molecular complexity index is 1770. The summed E-state index contributed by atoms with van der Waals surface area (Å²) in [5.41, 5.74) is 6.82. The van der Waals surface area contributed by atoms with Gasteiger partial charge in [-0.2, -0.15) is 12.7 Å². The molecule has 1 aliphatic rings. The lowest BCUT2D eigenvalue weighted by Crippen LogP contribution is -2.36. The van der Waals surface area contributed by atoms with Crippen LogP contribution in [0.2, 0.25) is 0 Å². The fraction of sp³-hybridized carbons (Fsp3) is 0.300. The third-order valence-corrected chi connectivity index (χ3v) is 9.30. The van der Waals surface area contributed by atoms with Crippen LogP contribution in [-0.2, 0) is 49.0 Å². The van der Waals surface area contributed by atoms with E-state index in [1.807, 2.05) is 75.5 Å². The molecule has 10 nitrogen and oxygen atoms in total. The second-order valence-corrected chi connectivity index (χ2v) is 12.5. The Kier molecular flexibility index (Phi) is 8.67. The molecule has 0 N–H and O–H groups in total. The molecule has 4 aromatic rings. The van der Waals surface area contributed by atoms with Crippen molar-refractivity contribution >= 4 is 43.2 Å². The minimum absolute atomic E-state index is 0.0424. The molecule has 1 aromatic heterocycles. The number of carbonyl (C=O) groups is 1. The highest BCUT2D eigenvalue weighted by molar-refractivity contribution is 9.10. The summed E-state index contributed by atoms with van der Waals surface area (Å²) in [5.74, 6) is -0.775. The SMILES string of the molecule is COC(=O)CC(c1ccc(C)c(CN2CC=C(OCc3ccccc3)OS2(=O)=O)c1)c1cc(Br)c2c(nnn2C)c1C. The maximum atomic E-state index is 13.1. The molecule has 0 bridgehead atoms. The molecule has 1 aliphatic heterocycles. The lowest BCUT2D eigenvalue weighted by molar-refractivity contribution is -0.140. The third kappa shape index (κ3) is 6.20. The summed E-state index contributed by atoms with van der Waals surface area (Å²) < 4.78 is 45.8. The number of methoxy groups -OCH3 is 1. The van der Waals surface area contributed by atoms with Crippen LogP contribution >= 0.6 is 15.9 Å². The predicted molar refractivity (Wildman–Crippen MR) is 160 cm³/mol. The fourth-order valence-electron chi connectivity index (χ4n) is 5.03. The Morgan fingerprint density at radius 2 is 1.90 bits per heavy atom. The smallest absolute Gasteiger partial charge is 0.388 e. The van der Waals surface area contributed by atoms with Crippen LogP contribution in [0.4, 0.5) is 0 Å². The summed E-state index contributed by atoms with van der Waals surface area (Å²) in [4.78, 5) is 12.6. The van der Waals surface area contributed by atoms with Gasteiger partial charge in [0.15, 0.2) is 0 Å². The normalized spacial score (nSPS) is 15.6. The lowest BCUT2D eigenvalue weighted by Gasteiger charge is -2.26. The molecule has 0 fully saturated rings. The Balaban J connectivity index is 1.43. The third-order valence-electron chi connectivity index (χ3n) is 7.41. The van der Waals surface area contributed by atoms with Crippen molar-refractivity contribution in [2.45, 2.75) is 39.3 Å². The molecule has 42 heavy (non-hydrogen) atoms. The number of rotatable bonds is 9. The number of esters is 1. The highest BCUT2D eigenvalue weighted by atomic mass is 79.9. The minimum atomic E-state index is -4.09. The Labute approximate surface area is 253 Å². The molecule has 1 atom stereocenters. The second-order valence-electron chi connectivity index (χ2n) is 10.1. The van der Waals surface area contributed by atoms with Gasteiger partial charge in [-0.3, -0.25) is 4.79 Å². The summed E-state index contributed by atoms with van der Waals surface area (Å²) in [6.07, 6.45) is 1.70. The van der Waals surface area contributed by atoms with E-state index < -0.39 is 10.3 Å². The maximum absolute atomic E-state index is 13.1. The minimum Gasteiger partial charge on any atom is -0.469 e. The number of nitrogens with zero attached hydrogens (tertiary/aromatic N) is 4. The number of benzene rings is 3. The van der Waals surface area contributed by atoms with Crippen molar-refractivity contribution in [2.75, 3.05) is 13.7 Å². The topological polar surface area (TPSA) is 113 Å². The number of fused-ring (bicyclic) bond motifs is 1. The van der Waals surface area contributed by atoms with Gasteiger partial charge in [0.1, 0.15) is 17.6 Å². The molecule has 0 aliphatic carbocycles. The van der Waals surface area contributed by atoms with E-state index >= 15 is 0 Å². The van der Waals surface area contributed by atoms with Crippen molar-refractivity contribution in [3.05, 3.63) is 104 Å². The van der Waals surface area contributed by atoms with Crippen molar-refractivity contribution in [2.24, 2.45) is 7.05 Å². The average molecular weight is 656 g/mol. The Hall–Kier alpha value is -3.74. The molecule has 0 spiro atoms. The molecule has 3 aromatic carbocycles. The largest absolute Gasteiger partial charge is 0.469 e. The highest BCUT2D eigenvalue weighted by Gasteiger charge is 2.31. The average Bonchev–Trinajstić information content (AvgIpc) is 3.37. The zero-order valence-electron chi connectivity index (χ0n) is 23.7. The summed E-state index contributed by atoms with van der Waals surface area (Å²) in [6, 6.07) is 17.3. The van der Waals surface area contributed by atoms with Gasteiger partial charge in [0.05, 0.1) is 13.5 Å². The maximum Gasteiger partial charge on any atom is 0.388 e. The molecular weight excluding hydrogens is 624 g/mol. The molecule has 1 unspecified atom stereocenters. The van der Waals surface area contributed by atoms with Crippen molar-refractivity contribution in [1.82, 2.24) is 19.3 Å². The highest BCUT2D eigenvalue weighted by Crippen LogP contribution is 2.37. The standard InChI is InChI=1S/C30H31BrN4O6S/c1-19-10-11-22(25(16-27(36)39-4)24-15-26(31)30-29(20(24)2)32-33-34(30)3)14-23(19)17-35-13-12-28(41-42(35,37)38)40-18-21-8-6-5-7-9-21/h5-12,14-15,25H,13,16-18H2,1-4H3. The van der Waals surface area contributed by atoms with Crippen LogP contribution in [0.5, 0.6) is 0 Å². The van der Waals surface area contributed by atoms with E-state index in [1.165, 1.54) is 11.4 Å². The molecule has 220 valence electrons. The predicted octanol–water partition coefficient (Wildman–Crippen LogP) is 5.18. The van der Waals surface area contributed by atoms with E-state index in [9.17, 15) is 13.2 Å². The van der Waals surface area contributed by atoms with E-state index in [4.69, 9.17) is 13.7 Å². The van der Waals surface area contributed by atoms with Gasteiger partial charge in [0.25, 0.3) is 5.95 Å². The summed E-state index contributed by atoms with van der Waals surface area (Å²) in [7, 11) is -0.907. The molecule has 0 saturated heterocycles. The summed E-state index contributed by atoms with van der Waals surface area (Å²) in [5, 5.41) is 8.50. The van der Waals surface area contributed by atoms with Crippen molar-refractivity contribution in [3.8, 4) is 0 Å². The number of hydrogen-bond acceptors (Lipinski definition) is 8. The van der Waals surface area contributed by atoms with Crippen molar-refractivity contribution in [1.29, 1.82) is 0 Å². The molecule has 5 rings (SSSR count). The quantitative estimate of drug-likeness (QED) is 0.227. The van der Waals surface area contributed by atoms with E-state index in [0.29, 0.717) is 0 Å². The molecule has 0 radical (unpaired) electrons. The van der Waals surface area contributed by atoms with Crippen LogP contribution in [0.3, 0.4) is 0 Å². The zero-order valence-corrected chi connectivity index (χ0v) is 26.1. The van der Waals surface area contributed by atoms with E-state index in [0.717, 1.165) is 48.9 Å². The van der Waals surface area contributed by atoms with Gasteiger partial charge >= 0.3 is 16.3 Å². The van der Waals surface area contributed by atoms with Crippen molar-refractivity contribution < 1.29 is 26.9 Å². The van der Waals surface area contributed by atoms with Gasteiger partial charge in [-0.25, -0.2) is 4.68 Å². The molecule has 2 heterocycles. The number of hydrogen-bond donors (Lipinski definition) is 0. The number of carbonyl (C=O) groups excluding carboxylic acids is 1. The van der Waals surface area contributed by atoms with Gasteiger partial charge < -0.3 is 13.7 Å². The van der Waals surface area contributed by atoms with Crippen LogP contribution in [0, 0.1) is 13.8 Å². The first kappa shape index (κ1) is 29.7. The Morgan fingerprint density at radius 1 is 1.14 bits per heavy atom.